The van der Waals surface area contributed by atoms with Crippen LogP contribution in [0.2, 0.25) is 0 Å². The molecule has 1 aliphatic rings. The molecule has 1 rings (SSSR count). The van der Waals surface area contributed by atoms with Crippen LogP contribution in [0.5, 0.6) is 0 Å². The van der Waals surface area contributed by atoms with Crippen molar-refractivity contribution < 1.29 is 4.79 Å². The zero-order valence-corrected chi connectivity index (χ0v) is 12.1. The first-order chi connectivity index (χ1) is 8.06. The molecule has 1 aliphatic carbocycles. The first kappa shape index (κ1) is 14.8. The minimum Gasteiger partial charge on any atom is -0.354 e. The number of carbonyl (C=O) groups is 1. The Hall–Kier alpha value is -0.220. The van der Waals surface area contributed by atoms with Crippen molar-refractivity contribution in [1.82, 2.24) is 5.32 Å². The fraction of sp³-hybridized carbons (Fsp3) is 0.923. The third-order valence-corrected chi connectivity index (χ3v) is 5.74. The van der Waals surface area contributed by atoms with E-state index in [4.69, 9.17) is 5.73 Å². The lowest BCUT2D eigenvalue weighted by molar-refractivity contribution is -0.124. The molecule has 3 N–H and O–H groups in total. The van der Waals surface area contributed by atoms with Crippen LogP contribution in [-0.2, 0) is 4.79 Å². The van der Waals surface area contributed by atoms with Crippen molar-refractivity contribution in [2.24, 2.45) is 11.7 Å². The molecule has 17 heavy (non-hydrogen) atoms. The van der Waals surface area contributed by atoms with Gasteiger partial charge in [0.2, 0.25) is 5.91 Å². The molecule has 0 radical (unpaired) electrons. The molecule has 0 spiro atoms. The van der Waals surface area contributed by atoms with Gasteiger partial charge in [0.25, 0.3) is 0 Å². The number of thioether (sulfide) groups is 1. The number of carbonyl (C=O) groups excluding carboxylic acids is 1. The van der Waals surface area contributed by atoms with Crippen molar-refractivity contribution in [2.45, 2.75) is 56.7 Å². The Bertz CT molecular complexity index is 246. The van der Waals surface area contributed by atoms with Crippen molar-refractivity contribution in [1.29, 1.82) is 0 Å². The monoisotopic (exact) mass is 258 g/mol. The summed E-state index contributed by atoms with van der Waals surface area (Å²) in [7, 11) is 0. The Morgan fingerprint density at radius 1 is 1.41 bits per heavy atom. The average molecular weight is 258 g/mol. The fourth-order valence-corrected chi connectivity index (χ4v) is 3.30. The highest BCUT2D eigenvalue weighted by Gasteiger charge is 2.30. The summed E-state index contributed by atoms with van der Waals surface area (Å²) < 4.78 is 0.205. The largest absolute Gasteiger partial charge is 0.354 e. The van der Waals surface area contributed by atoms with E-state index in [2.05, 4.69) is 25.4 Å². The van der Waals surface area contributed by atoms with E-state index in [0.29, 0.717) is 0 Å². The van der Waals surface area contributed by atoms with E-state index in [9.17, 15) is 4.79 Å². The van der Waals surface area contributed by atoms with Crippen molar-refractivity contribution in [3.8, 4) is 0 Å². The van der Waals surface area contributed by atoms with Crippen LogP contribution in [0.4, 0.5) is 0 Å². The molecule has 1 fully saturated rings. The fourth-order valence-electron chi connectivity index (χ4n) is 2.51. The number of hydrogen-bond donors (Lipinski definition) is 2. The smallest absolute Gasteiger partial charge is 0.223 e. The summed E-state index contributed by atoms with van der Waals surface area (Å²) in [5, 5.41) is 3.12. The second-order valence-electron chi connectivity index (χ2n) is 5.08. The third-order valence-electron chi connectivity index (χ3n) is 4.15. The van der Waals surface area contributed by atoms with Gasteiger partial charge >= 0.3 is 0 Å². The summed E-state index contributed by atoms with van der Waals surface area (Å²) in [6.07, 6.45) is 7.12. The maximum absolute atomic E-state index is 12.0. The van der Waals surface area contributed by atoms with Crippen LogP contribution in [0.1, 0.15) is 46.0 Å². The lowest BCUT2D eigenvalue weighted by atomic mass is 10.0. The first-order valence-electron chi connectivity index (χ1n) is 6.65. The van der Waals surface area contributed by atoms with Crippen LogP contribution in [0.15, 0.2) is 0 Å². The van der Waals surface area contributed by atoms with Crippen LogP contribution >= 0.6 is 11.8 Å². The highest BCUT2D eigenvalue weighted by molar-refractivity contribution is 8.00. The van der Waals surface area contributed by atoms with Gasteiger partial charge in [0.15, 0.2) is 0 Å². The van der Waals surface area contributed by atoms with E-state index < -0.39 is 0 Å². The Balaban J connectivity index is 2.41. The van der Waals surface area contributed by atoms with Gasteiger partial charge in [-0.3, -0.25) is 4.79 Å². The van der Waals surface area contributed by atoms with Crippen molar-refractivity contribution in [2.75, 3.05) is 12.8 Å². The maximum atomic E-state index is 12.0. The van der Waals surface area contributed by atoms with E-state index in [-0.39, 0.29) is 22.6 Å². The van der Waals surface area contributed by atoms with Gasteiger partial charge in [-0.15, -0.1) is 0 Å². The van der Waals surface area contributed by atoms with E-state index in [1.54, 1.807) is 0 Å². The maximum Gasteiger partial charge on any atom is 0.223 e. The quantitative estimate of drug-likeness (QED) is 0.767. The highest BCUT2D eigenvalue weighted by atomic mass is 32.2. The molecule has 1 amide bonds. The van der Waals surface area contributed by atoms with Gasteiger partial charge in [0, 0.05) is 23.3 Å². The number of rotatable bonds is 6. The molecule has 2 atom stereocenters. The Labute approximate surface area is 109 Å². The van der Waals surface area contributed by atoms with Gasteiger partial charge in [0.1, 0.15) is 0 Å². The van der Waals surface area contributed by atoms with Crippen molar-refractivity contribution in [3.63, 3.8) is 0 Å². The molecule has 100 valence electrons. The second-order valence-corrected chi connectivity index (χ2v) is 6.36. The minimum absolute atomic E-state index is 0.151. The van der Waals surface area contributed by atoms with Crippen LogP contribution in [0.3, 0.4) is 0 Å². The zero-order valence-electron chi connectivity index (χ0n) is 11.3. The van der Waals surface area contributed by atoms with E-state index in [1.807, 2.05) is 11.8 Å². The molecule has 4 heteroatoms. The van der Waals surface area contributed by atoms with Gasteiger partial charge in [-0.1, -0.05) is 13.8 Å². The Kier molecular flexibility index (Phi) is 5.80. The molecule has 0 aromatic rings. The first-order valence-corrected chi connectivity index (χ1v) is 7.87. The van der Waals surface area contributed by atoms with E-state index in [0.717, 1.165) is 38.6 Å². The minimum atomic E-state index is 0.151. The van der Waals surface area contributed by atoms with Gasteiger partial charge in [0.05, 0.1) is 0 Å². The Morgan fingerprint density at radius 2 is 2.06 bits per heavy atom. The third kappa shape index (κ3) is 3.88. The second kappa shape index (κ2) is 6.64. The Morgan fingerprint density at radius 3 is 2.47 bits per heavy atom. The summed E-state index contributed by atoms with van der Waals surface area (Å²) in [5.41, 5.74) is 5.84. The molecular formula is C13H26N2OS. The molecule has 0 saturated heterocycles. The molecule has 0 bridgehead atoms. The van der Waals surface area contributed by atoms with Gasteiger partial charge < -0.3 is 11.1 Å². The van der Waals surface area contributed by atoms with Crippen LogP contribution in [0, 0.1) is 5.92 Å². The van der Waals surface area contributed by atoms with Gasteiger partial charge in [-0.05, 0) is 38.4 Å². The molecule has 1 saturated carbocycles. The summed E-state index contributed by atoms with van der Waals surface area (Å²) in [4.78, 5) is 12.0. The number of nitrogens with two attached hydrogens (primary N) is 1. The summed E-state index contributed by atoms with van der Waals surface area (Å²) in [6.45, 7) is 5.17. The molecule has 2 unspecified atom stereocenters. The normalized spacial score (nSPS) is 24.9. The summed E-state index contributed by atoms with van der Waals surface area (Å²) in [5.74, 6) is 0.358. The van der Waals surface area contributed by atoms with Crippen LogP contribution in [-0.4, -0.2) is 29.5 Å². The van der Waals surface area contributed by atoms with E-state index >= 15 is 0 Å². The van der Waals surface area contributed by atoms with Gasteiger partial charge in [-0.25, -0.2) is 0 Å². The molecule has 0 aliphatic heterocycles. The number of hydrogen-bond acceptors (Lipinski definition) is 3. The molecule has 0 aromatic heterocycles. The summed E-state index contributed by atoms with van der Waals surface area (Å²) >= 11 is 1.86. The standard InChI is InChI=1S/C13H26N2OS/c1-4-13(5-2,17-3)9-15-12(16)10-6-7-11(14)8-10/h10-11H,4-9,14H2,1-3H3,(H,15,16). The topological polar surface area (TPSA) is 55.1 Å². The average Bonchev–Trinajstić information content (AvgIpc) is 2.78. The van der Waals surface area contributed by atoms with E-state index in [1.165, 1.54) is 0 Å². The predicted molar refractivity (Wildman–Crippen MR) is 75.2 cm³/mol. The zero-order chi connectivity index (χ0) is 12.9. The molecule has 0 heterocycles. The number of amides is 1. The molecule has 3 nitrogen and oxygen atoms in total. The lowest BCUT2D eigenvalue weighted by Gasteiger charge is -2.30. The lowest BCUT2D eigenvalue weighted by Crippen LogP contribution is -2.41. The molecular weight excluding hydrogens is 232 g/mol. The van der Waals surface area contributed by atoms with Gasteiger partial charge in [-0.2, -0.15) is 11.8 Å². The molecule has 0 aromatic carbocycles. The van der Waals surface area contributed by atoms with Crippen molar-refractivity contribution in [3.05, 3.63) is 0 Å². The number of nitrogens with one attached hydrogen (secondary N) is 1. The predicted octanol–water partition coefficient (Wildman–Crippen LogP) is 2.15. The van der Waals surface area contributed by atoms with Crippen molar-refractivity contribution >= 4 is 17.7 Å². The van der Waals surface area contributed by atoms with Crippen LogP contribution < -0.4 is 11.1 Å². The van der Waals surface area contributed by atoms with Crippen LogP contribution in [0.25, 0.3) is 0 Å². The SMILES string of the molecule is CCC(CC)(CNC(=O)C1CCC(N)C1)SC. The summed E-state index contributed by atoms with van der Waals surface area (Å²) in [6, 6.07) is 0.230. The highest BCUT2D eigenvalue weighted by Crippen LogP contribution is 2.30.